The maximum atomic E-state index is 10.9. The Morgan fingerprint density at radius 3 is 2.92 bits per heavy atom. The molecule has 0 aromatic heterocycles. The summed E-state index contributed by atoms with van der Waals surface area (Å²) in [7, 11) is 0. The fourth-order valence-corrected chi connectivity index (χ4v) is 0.775. The van der Waals surface area contributed by atoms with Gasteiger partial charge in [-0.15, -0.1) is 6.42 Å². The van der Waals surface area contributed by atoms with Crippen LogP contribution in [-0.4, -0.2) is 25.2 Å². The van der Waals surface area contributed by atoms with Crippen molar-refractivity contribution in [2.24, 2.45) is 0 Å². The van der Waals surface area contributed by atoms with Gasteiger partial charge in [-0.25, -0.2) is 0 Å². The second kappa shape index (κ2) is 6.68. The molecule has 3 heteroatoms. The van der Waals surface area contributed by atoms with Gasteiger partial charge in [0.15, 0.2) is 0 Å². The fourth-order valence-electron chi connectivity index (χ4n) is 0.775. The predicted octanol–water partition coefficient (Wildman–Crippen LogP) is 0.551. The molecule has 0 aliphatic carbocycles. The van der Waals surface area contributed by atoms with Crippen LogP contribution in [0.5, 0.6) is 0 Å². The van der Waals surface area contributed by atoms with Gasteiger partial charge in [-0.05, 0) is 13.8 Å². The molecule has 0 aliphatic heterocycles. The van der Waals surface area contributed by atoms with E-state index in [0.29, 0.717) is 19.6 Å². The lowest BCUT2D eigenvalue weighted by molar-refractivity contribution is -0.143. The number of esters is 1. The summed E-state index contributed by atoms with van der Waals surface area (Å²) in [6, 6.07) is 0.0834. The molecule has 0 spiro atoms. The molecule has 0 aromatic rings. The van der Waals surface area contributed by atoms with E-state index in [1.165, 1.54) is 0 Å². The van der Waals surface area contributed by atoms with Gasteiger partial charge >= 0.3 is 5.97 Å². The molecule has 0 saturated carbocycles. The van der Waals surface area contributed by atoms with Crippen LogP contribution in [0.4, 0.5) is 0 Å². The highest BCUT2D eigenvalue weighted by Gasteiger charge is 2.07. The number of nitrogens with one attached hydrogen (secondary N) is 1. The van der Waals surface area contributed by atoms with Crippen LogP contribution >= 0.6 is 0 Å². The summed E-state index contributed by atoms with van der Waals surface area (Å²) in [6.07, 6.45) is 5.41. The van der Waals surface area contributed by atoms with E-state index in [-0.39, 0.29) is 12.0 Å². The number of hydrogen-bond acceptors (Lipinski definition) is 3. The predicted molar refractivity (Wildman–Crippen MR) is 47.5 cm³/mol. The zero-order chi connectivity index (χ0) is 9.40. The Hall–Kier alpha value is -1.01. The molecule has 0 saturated heterocycles. The van der Waals surface area contributed by atoms with Crippen LogP contribution < -0.4 is 5.32 Å². The first-order chi connectivity index (χ1) is 5.70. The number of rotatable bonds is 5. The van der Waals surface area contributed by atoms with Gasteiger partial charge in [0.1, 0.15) is 0 Å². The van der Waals surface area contributed by atoms with E-state index in [1.807, 2.05) is 6.92 Å². The summed E-state index contributed by atoms with van der Waals surface area (Å²) in [5.74, 6) is 2.25. The number of ether oxygens (including phenoxy) is 1. The topological polar surface area (TPSA) is 38.3 Å². The molecule has 12 heavy (non-hydrogen) atoms. The standard InChI is InChI=1S/C9H15NO2/c1-4-6-10-8(3)7-9(11)12-5-2/h1,8,10H,5-7H2,2-3H3. The van der Waals surface area contributed by atoms with Crippen LogP contribution in [-0.2, 0) is 9.53 Å². The summed E-state index contributed by atoms with van der Waals surface area (Å²) in [5.41, 5.74) is 0. The Kier molecular flexibility index (Phi) is 6.12. The molecule has 0 bridgehead atoms. The van der Waals surface area contributed by atoms with Crippen molar-refractivity contribution in [2.45, 2.75) is 26.3 Å². The third-order valence-corrected chi connectivity index (χ3v) is 1.33. The van der Waals surface area contributed by atoms with Gasteiger partial charge in [-0.3, -0.25) is 4.79 Å². The minimum Gasteiger partial charge on any atom is -0.466 e. The maximum absolute atomic E-state index is 10.9. The van der Waals surface area contributed by atoms with Crippen molar-refractivity contribution in [1.29, 1.82) is 0 Å². The average Bonchev–Trinajstić information content (AvgIpc) is 2.01. The second-order valence-electron chi connectivity index (χ2n) is 2.50. The Morgan fingerprint density at radius 2 is 2.42 bits per heavy atom. The molecule has 68 valence electrons. The number of carbonyl (C=O) groups is 1. The van der Waals surface area contributed by atoms with E-state index < -0.39 is 0 Å². The maximum Gasteiger partial charge on any atom is 0.307 e. The Balaban J connectivity index is 3.48. The van der Waals surface area contributed by atoms with E-state index in [2.05, 4.69) is 11.2 Å². The lowest BCUT2D eigenvalue weighted by Gasteiger charge is -2.09. The zero-order valence-corrected chi connectivity index (χ0v) is 7.59. The van der Waals surface area contributed by atoms with Crippen LogP contribution in [0, 0.1) is 12.3 Å². The monoisotopic (exact) mass is 169 g/mol. The minimum atomic E-state index is -0.186. The quantitative estimate of drug-likeness (QED) is 0.482. The van der Waals surface area contributed by atoms with Crippen molar-refractivity contribution in [1.82, 2.24) is 5.32 Å². The number of terminal acetylenes is 1. The van der Waals surface area contributed by atoms with Crippen molar-refractivity contribution in [3.05, 3.63) is 0 Å². The number of carbonyl (C=O) groups excluding carboxylic acids is 1. The number of hydrogen-bond donors (Lipinski definition) is 1. The smallest absolute Gasteiger partial charge is 0.307 e. The van der Waals surface area contributed by atoms with E-state index in [9.17, 15) is 4.79 Å². The Labute approximate surface area is 73.5 Å². The molecular formula is C9H15NO2. The molecule has 3 nitrogen and oxygen atoms in total. The molecule has 0 amide bonds. The van der Waals surface area contributed by atoms with Crippen LogP contribution in [0.2, 0.25) is 0 Å². The first-order valence-corrected chi connectivity index (χ1v) is 4.03. The first kappa shape index (κ1) is 11.0. The van der Waals surface area contributed by atoms with Crippen LogP contribution in [0.3, 0.4) is 0 Å². The highest BCUT2D eigenvalue weighted by atomic mass is 16.5. The zero-order valence-electron chi connectivity index (χ0n) is 7.59. The molecular weight excluding hydrogens is 154 g/mol. The third-order valence-electron chi connectivity index (χ3n) is 1.33. The first-order valence-electron chi connectivity index (χ1n) is 4.03. The average molecular weight is 169 g/mol. The van der Waals surface area contributed by atoms with E-state index >= 15 is 0 Å². The largest absolute Gasteiger partial charge is 0.466 e. The fraction of sp³-hybridized carbons (Fsp3) is 0.667. The van der Waals surface area contributed by atoms with E-state index in [4.69, 9.17) is 11.2 Å². The van der Waals surface area contributed by atoms with Crippen LogP contribution in [0.15, 0.2) is 0 Å². The van der Waals surface area contributed by atoms with Gasteiger partial charge in [0.2, 0.25) is 0 Å². The Morgan fingerprint density at radius 1 is 1.75 bits per heavy atom. The highest BCUT2D eigenvalue weighted by molar-refractivity contribution is 5.69. The summed E-state index contributed by atoms with van der Waals surface area (Å²) in [6.45, 7) is 4.60. The molecule has 0 aromatic carbocycles. The van der Waals surface area contributed by atoms with Gasteiger partial charge in [-0.2, -0.15) is 0 Å². The second-order valence-corrected chi connectivity index (χ2v) is 2.50. The molecule has 0 rings (SSSR count). The molecule has 1 unspecified atom stereocenters. The van der Waals surface area contributed by atoms with Crippen molar-refractivity contribution >= 4 is 5.97 Å². The van der Waals surface area contributed by atoms with Gasteiger partial charge in [-0.1, -0.05) is 5.92 Å². The molecule has 1 atom stereocenters. The third kappa shape index (κ3) is 5.75. The van der Waals surface area contributed by atoms with Gasteiger partial charge in [0.25, 0.3) is 0 Å². The molecule has 0 radical (unpaired) electrons. The Bertz CT molecular complexity index is 172. The van der Waals surface area contributed by atoms with Crippen molar-refractivity contribution in [3.63, 3.8) is 0 Å². The molecule has 0 heterocycles. The van der Waals surface area contributed by atoms with Crippen LogP contribution in [0.1, 0.15) is 20.3 Å². The molecule has 0 fully saturated rings. The molecule has 1 N–H and O–H groups in total. The SMILES string of the molecule is C#CCNC(C)CC(=O)OCC. The normalized spacial score (nSPS) is 11.8. The van der Waals surface area contributed by atoms with Crippen LogP contribution in [0.25, 0.3) is 0 Å². The van der Waals surface area contributed by atoms with E-state index in [0.717, 1.165) is 0 Å². The van der Waals surface area contributed by atoms with Gasteiger partial charge in [0.05, 0.1) is 19.6 Å². The summed E-state index contributed by atoms with van der Waals surface area (Å²) >= 11 is 0. The van der Waals surface area contributed by atoms with Crippen molar-refractivity contribution in [2.75, 3.05) is 13.2 Å². The van der Waals surface area contributed by atoms with Gasteiger partial charge < -0.3 is 10.1 Å². The molecule has 0 aliphatic rings. The van der Waals surface area contributed by atoms with E-state index in [1.54, 1.807) is 6.92 Å². The summed E-state index contributed by atoms with van der Waals surface area (Å²) in [5, 5.41) is 2.98. The lowest BCUT2D eigenvalue weighted by atomic mass is 10.2. The minimum absolute atomic E-state index is 0.0834. The van der Waals surface area contributed by atoms with Gasteiger partial charge in [0, 0.05) is 6.04 Å². The highest BCUT2D eigenvalue weighted by Crippen LogP contribution is 1.92. The summed E-state index contributed by atoms with van der Waals surface area (Å²) in [4.78, 5) is 10.9. The lowest BCUT2D eigenvalue weighted by Crippen LogP contribution is -2.29. The van der Waals surface area contributed by atoms with Crippen molar-refractivity contribution in [3.8, 4) is 12.3 Å². The van der Waals surface area contributed by atoms with Crippen molar-refractivity contribution < 1.29 is 9.53 Å². The summed E-state index contributed by atoms with van der Waals surface area (Å²) < 4.78 is 4.76.